The molecule has 0 bridgehead atoms. The first-order valence-electron chi connectivity index (χ1n) is 23.3. The second-order valence-electron chi connectivity index (χ2n) is 20.3. The van der Waals surface area contributed by atoms with Gasteiger partial charge in [-0.15, -0.1) is 0 Å². The molecule has 0 unspecified atom stereocenters. The van der Waals surface area contributed by atoms with Crippen LogP contribution < -0.4 is 9.80 Å². The van der Waals surface area contributed by atoms with Gasteiger partial charge in [-0.25, -0.2) is 0 Å². The molecule has 67 heavy (non-hydrogen) atoms. The molecule has 0 N–H and O–H groups in total. The topological polar surface area (TPSA) is 45.9 Å². The number of fused-ring (bicyclic) bond motifs is 10. The summed E-state index contributed by atoms with van der Waals surface area (Å²) in [5, 5.41) is 8.45. The van der Waals surface area contributed by atoms with Crippen molar-refractivity contribution in [2.24, 2.45) is 0 Å². The Morgan fingerprint density at radius 3 is 1.19 bits per heavy atom. The molecule has 5 heteroatoms. The van der Waals surface area contributed by atoms with E-state index in [4.69, 9.17) is 13.3 Å². The van der Waals surface area contributed by atoms with Crippen LogP contribution in [-0.2, 0) is 10.8 Å². The first-order valence-corrected chi connectivity index (χ1v) is 23.3. The summed E-state index contributed by atoms with van der Waals surface area (Å²) in [6.45, 7) is 17.8. The zero-order valence-electron chi connectivity index (χ0n) is 39.3. The lowest BCUT2D eigenvalue weighted by atomic mass is 9.86. The molecular weight excluding hydrogens is 821 g/mol. The highest BCUT2D eigenvalue weighted by atomic mass is 16.3. The molecule has 0 radical (unpaired) electrons. The molecule has 0 fully saturated rings. The Morgan fingerprint density at radius 1 is 0.328 bits per heavy atom. The van der Waals surface area contributed by atoms with Gasteiger partial charge in [-0.3, -0.25) is 0 Å². The average Bonchev–Trinajstić information content (AvgIpc) is 4.02. The van der Waals surface area contributed by atoms with Crippen LogP contribution in [0.3, 0.4) is 0 Å². The van der Waals surface area contributed by atoms with Gasteiger partial charge in [-0.2, -0.15) is 0 Å². The zero-order chi connectivity index (χ0) is 45.9. The molecular formula is C62H52N2O3. The third-order valence-electron chi connectivity index (χ3n) is 13.6. The summed E-state index contributed by atoms with van der Waals surface area (Å²) >= 11 is 0. The predicted molar refractivity (Wildman–Crippen MR) is 282 cm³/mol. The third-order valence-corrected chi connectivity index (χ3v) is 13.6. The molecule has 12 aromatic rings. The molecule has 9 aromatic carbocycles. The van der Waals surface area contributed by atoms with Crippen molar-refractivity contribution in [3.8, 4) is 0 Å². The molecule has 0 amide bonds. The van der Waals surface area contributed by atoms with E-state index in [1.54, 1.807) is 0 Å². The lowest BCUT2D eigenvalue weighted by Gasteiger charge is -2.31. The normalized spacial score (nSPS) is 12.5. The van der Waals surface area contributed by atoms with Crippen LogP contribution in [0.25, 0.3) is 76.6 Å². The molecule has 0 saturated carbocycles. The summed E-state index contributed by atoms with van der Waals surface area (Å²) in [5.74, 6) is 0. The van der Waals surface area contributed by atoms with E-state index in [-0.39, 0.29) is 10.8 Å². The summed E-state index contributed by atoms with van der Waals surface area (Å²) in [6.07, 6.45) is 0. The van der Waals surface area contributed by atoms with E-state index in [0.717, 1.165) is 111 Å². The number of furan rings is 3. The molecule has 5 nitrogen and oxygen atoms in total. The Kier molecular flexibility index (Phi) is 9.05. The van der Waals surface area contributed by atoms with Crippen molar-refractivity contribution in [3.63, 3.8) is 0 Å². The number of hydrogen-bond acceptors (Lipinski definition) is 5. The number of para-hydroxylation sites is 5. The van der Waals surface area contributed by atoms with Gasteiger partial charge in [0.1, 0.15) is 16.7 Å². The SMILES string of the molecule is Cc1ccc(N(c2cccc3c2oc2c(C(C)(C)C)cccc23)c2c3ccccc3c(N(c3ccc(C)cc3)c3cccc4c3oc3c(C(C)(C)C)cccc34)c3c2oc2ccccc23)cc1. The van der Waals surface area contributed by atoms with E-state index in [0.29, 0.717) is 0 Å². The first-order chi connectivity index (χ1) is 32.3. The van der Waals surface area contributed by atoms with Crippen molar-refractivity contribution >= 4 is 111 Å². The summed E-state index contributed by atoms with van der Waals surface area (Å²) in [6, 6.07) is 61.0. The summed E-state index contributed by atoms with van der Waals surface area (Å²) in [7, 11) is 0. The number of anilines is 6. The number of nitrogens with zero attached hydrogens (tertiary/aromatic N) is 2. The molecule has 0 spiro atoms. The highest BCUT2D eigenvalue weighted by Crippen LogP contribution is 2.56. The summed E-state index contributed by atoms with van der Waals surface area (Å²) in [4.78, 5) is 4.77. The summed E-state index contributed by atoms with van der Waals surface area (Å²) < 4.78 is 21.7. The van der Waals surface area contributed by atoms with Gasteiger partial charge in [-0.05, 0) is 67.1 Å². The Hall–Kier alpha value is -7.76. The number of hydrogen-bond donors (Lipinski definition) is 0. The Morgan fingerprint density at radius 2 is 0.716 bits per heavy atom. The van der Waals surface area contributed by atoms with Gasteiger partial charge in [0.25, 0.3) is 0 Å². The molecule has 0 aliphatic rings. The molecule has 328 valence electrons. The molecule has 12 rings (SSSR count). The smallest absolute Gasteiger partial charge is 0.162 e. The maximum Gasteiger partial charge on any atom is 0.162 e. The van der Waals surface area contributed by atoms with Crippen molar-refractivity contribution < 1.29 is 13.3 Å². The second kappa shape index (κ2) is 14.9. The van der Waals surface area contributed by atoms with Crippen LogP contribution in [0, 0.1) is 13.8 Å². The van der Waals surface area contributed by atoms with E-state index in [1.807, 2.05) is 0 Å². The first kappa shape index (κ1) is 40.7. The molecule has 3 heterocycles. The lowest BCUT2D eigenvalue weighted by molar-refractivity contribution is 0.572. The van der Waals surface area contributed by atoms with Crippen LogP contribution in [-0.4, -0.2) is 0 Å². The van der Waals surface area contributed by atoms with Crippen molar-refractivity contribution in [1.29, 1.82) is 0 Å². The van der Waals surface area contributed by atoms with Crippen LogP contribution >= 0.6 is 0 Å². The highest BCUT2D eigenvalue weighted by molar-refractivity contribution is 6.29. The van der Waals surface area contributed by atoms with E-state index >= 15 is 0 Å². The lowest BCUT2D eigenvalue weighted by Crippen LogP contribution is -2.14. The van der Waals surface area contributed by atoms with E-state index in [1.165, 1.54) is 22.3 Å². The quantitative estimate of drug-likeness (QED) is 0.156. The van der Waals surface area contributed by atoms with E-state index in [9.17, 15) is 0 Å². The Balaban J connectivity index is 1.23. The molecule has 0 atom stereocenters. The Labute approximate surface area is 390 Å². The minimum absolute atomic E-state index is 0.122. The standard InChI is InChI=1S/C62H52N2O3/c1-37-29-33-39(34-30-37)63(50-26-15-22-45-43-20-13-24-48(61(3,4)5)56(43)66-58(45)50)54-41-17-9-10-18-42(41)55(60-53(54)47-19-11-12-28-52(47)65-60)64(40-35-31-38(2)32-36-40)51-27-16-23-46-44-21-14-25-49(62(6,7)8)57(44)67-59(46)51/h9-36H,1-8H3. The average molecular weight is 873 g/mol. The fourth-order valence-electron chi connectivity index (χ4n) is 10.4. The molecule has 3 aromatic heterocycles. The largest absolute Gasteiger partial charge is 0.454 e. The van der Waals surface area contributed by atoms with Crippen LogP contribution in [0.15, 0.2) is 183 Å². The second-order valence-corrected chi connectivity index (χ2v) is 20.3. The van der Waals surface area contributed by atoms with Crippen molar-refractivity contribution in [1.82, 2.24) is 0 Å². The fourth-order valence-corrected chi connectivity index (χ4v) is 10.4. The fraction of sp³-hybridized carbons (Fsp3) is 0.161. The van der Waals surface area contributed by atoms with Gasteiger partial charge < -0.3 is 23.1 Å². The van der Waals surface area contributed by atoms with Crippen molar-refractivity contribution in [3.05, 3.63) is 192 Å². The number of rotatable bonds is 6. The van der Waals surface area contributed by atoms with Gasteiger partial charge >= 0.3 is 0 Å². The van der Waals surface area contributed by atoms with E-state index < -0.39 is 0 Å². The minimum Gasteiger partial charge on any atom is -0.454 e. The van der Waals surface area contributed by atoms with Crippen molar-refractivity contribution in [2.45, 2.75) is 66.2 Å². The summed E-state index contributed by atoms with van der Waals surface area (Å²) in [5.41, 5.74) is 15.3. The maximum atomic E-state index is 7.32. The number of aryl methyl sites for hydroxylation is 2. The van der Waals surface area contributed by atoms with Gasteiger partial charge in [0.15, 0.2) is 16.7 Å². The molecule has 0 aliphatic heterocycles. The Bertz CT molecular complexity index is 3910. The van der Waals surface area contributed by atoms with Gasteiger partial charge in [0, 0.05) is 60.2 Å². The van der Waals surface area contributed by atoms with Crippen LogP contribution in [0.2, 0.25) is 0 Å². The minimum atomic E-state index is -0.123. The van der Waals surface area contributed by atoms with Crippen LogP contribution in [0.1, 0.15) is 63.8 Å². The monoisotopic (exact) mass is 872 g/mol. The predicted octanol–water partition coefficient (Wildman–Crippen LogP) is 18.7. The van der Waals surface area contributed by atoms with Crippen LogP contribution in [0.5, 0.6) is 0 Å². The van der Waals surface area contributed by atoms with Crippen LogP contribution in [0.4, 0.5) is 34.1 Å². The molecule has 0 saturated heterocycles. The van der Waals surface area contributed by atoms with Gasteiger partial charge in [-0.1, -0.05) is 180 Å². The molecule has 0 aliphatic carbocycles. The third kappa shape index (κ3) is 6.36. The highest BCUT2D eigenvalue weighted by Gasteiger charge is 2.32. The van der Waals surface area contributed by atoms with Gasteiger partial charge in [0.05, 0.1) is 28.1 Å². The van der Waals surface area contributed by atoms with Crippen molar-refractivity contribution in [2.75, 3.05) is 9.80 Å². The maximum absolute atomic E-state index is 7.32. The van der Waals surface area contributed by atoms with Gasteiger partial charge in [0.2, 0.25) is 0 Å². The van der Waals surface area contributed by atoms with E-state index in [2.05, 4.69) is 235 Å². The number of benzene rings is 9. The zero-order valence-corrected chi connectivity index (χ0v) is 39.3.